The number of benzene rings is 1. The predicted molar refractivity (Wildman–Crippen MR) is 79.3 cm³/mol. The molecule has 1 aromatic heterocycles. The van der Waals surface area contributed by atoms with Gasteiger partial charge in [0.15, 0.2) is 9.84 Å². The molecular weight excluding hydrogens is 292 g/mol. The van der Waals surface area contributed by atoms with Crippen LogP contribution in [0.3, 0.4) is 0 Å². The van der Waals surface area contributed by atoms with Crippen molar-refractivity contribution in [3.63, 3.8) is 0 Å². The number of ether oxygens (including phenoxy) is 1. The first-order valence-electron chi connectivity index (χ1n) is 6.65. The number of hydrogen-bond acceptors (Lipinski definition) is 4. The molecule has 2 heterocycles. The summed E-state index contributed by atoms with van der Waals surface area (Å²) in [6, 6.07) is 8.53. The van der Waals surface area contributed by atoms with E-state index in [9.17, 15) is 13.2 Å². The van der Waals surface area contributed by atoms with E-state index in [-0.39, 0.29) is 23.1 Å². The average Bonchev–Trinajstić information content (AvgIpc) is 3.01. The van der Waals surface area contributed by atoms with Crippen LogP contribution >= 0.6 is 0 Å². The molecule has 1 N–H and O–H groups in total. The van der Waals surface area contributed by atoms with E-state index in [1.807, 2.05) is 24.3 Å². The maximum Gasteiger partial charge on any atom is 0.267 e. The Bertz CT molecular complexity index is 819. The van der Waals surface area contributed by atoms with Crippen LogP contribution in [0.4, 0.5) is 0 Å². The molecule has 0 unspecified atom stereocenters. The highest BCUT2D eigenvalue weighted by Gasteiger charge is 2.30. The number of aromatic amines is 1. The number of nitrogens with zero attached hydrogens (tertiary/aromatic N) is 1. The zero-order chi connectivity index (χ0) is 15.0. The predicted octanol–water partition coefficient (Wildman–Crippen LogP) is 1.21. The van der Waals surface area contributed by atoms with Crippen molar-refractivity contribution in [2.45, 2.75) is 12.5 Å². The fourth-order valence-electron chi connectivity index (χ4n) is 2.60. The molecule has 1 saturated heterocycles. The monoisotopic (exact) mass is 308 g/mol. The molecule has 1 aliphatic rings. The smallest absolute Gasteiger partial charge is 0.267 e. The molecule has 6 nitrogen and oxygen atoms in total. The summed E-state index contributed by atoms with van der Waals surface area (Å²) in [6.07, 6.45) is 0.473. The van der Waals surface area contributed by atoms with Gasteiger partial charge >= 0.3 is 0 Å². The van der Waals surface area contributed by atoms with Gasteiger partial charge in [-0.2, -0.15) is 0 Å². The van der Waals surface area contributed by atoms with E-state index in [4.69, 9.17) is 4.74 Å². The van der Waals surface area contributed by atoms with Gasteiger partial charge in [0.05, 0.1) is 30.4 Å². The number of rotatable bonds is 3. The second-order valence-corrected chi connectivity index (χ2v) is 7.40. The van der Waals surface area contributed by atoms with Gasteiger partial charge in [-0.05, 0) is 18.6 Å². The number of methoxy groups -OCH3 is 1. The van der Waals surface area contributed by atoms with Crippen molar-refractivity contribution >= 4 is 9.84 Å². The van der Waals surface area contributed by atoms with Crippen molar-refractivity contribution in [2.75, 3.05) is 18.6 Å². The van der Waals surface area contributed by atoms with Crippen LogP contribution in [0.5, 0.6) is 5.75 Å². The summed E-state index contributed by atoms with van der Waals surface area (Å²) in [4.78, 5) is 12.1. The highest BCUT2D eigenvalue weighted by Crippen LogP contribution is 2.25. The average molecular weight is 308 g/mol. The molecule has 2 aromatic rings. The summed E-state index contributed by atoms with van der Waals surface area (Å²) >= 11 is 0. The molecule has 1 aliphatic heterocycles. The van der Waals surface area contributed by atoms with Crippen LogP contribution in [0.15, 0.2) is 35.1 Å². The Kier molecular flexibility index (Phi) is 3.36. The third-order valence-corrected chi connectivity index (χ3v) is 5.45. The maximum absolute atomic E-state index is 12.1. The fraction of sp³-hybridized carbons (Fsp3) is 0.357. The largest absolute Gasteiger partial charge is 0.497 e. The van der Waals surface area contributed by atoms with Gasteiger partial charge in [0.2, 0.25) is 0 Å². The summed E-state index contributed by atoms with van der Waals surface area (Å²) < 4.78 is 29.7. The second-order valence-electron chi connectivity index (χ2n) is 5.17. The van der Waals surface area contributed by atoms with E-state index < -0.39 is 9.84 Å². The van der Waals surface area contributed by atoms with Gasteiger partial charge in [-0.1, -0.05) is 12.1 Å². The van der Waals surface area contributed by atoms with Crippen LogP contribution in [0, 0.1) is 0 Å². The Morgan fingerprint density at radius 3 is 2.81 bits per heavy atom. The van der Waals surface area contributed by atoms with Crippen molar-refractivity contribution in [1.29, 1.82) is 0 Å². The minimum Gasteiger partial charge on any atom is -0.497 e. The Morgan fingerprint density at radius 1 is 1.33 bits per heavy atom. The van der Waals surface area contributed by atoms with E-state index in [1.165, 1.54) is 10.7 Å². The lowest BCUT2D eigenvalue weighted by molar-refractivity contribution is 0.415. The second kappa shape index (κ2) is 5.07. The van der Waals surface area contributed by atoms with Gasteiger partial charge in [-0.15, -0.1) is 0 Å². The van der Waals surface area contributed by atoms with Crippen molar-refractivity contribution in [3.8, 4) is 17.0 Å². The zero-order valence-electron chi connectivity index (χ0n) is 11.6. The minimum atomic E-state index is -3.03. The molecule has 1 atom stereocenters. The molecule has 3 rings (SSSR count). The van der Waals surface area contributed by atoms with E-state index >= 15 is 0 Å². The molecule has 0 spiro atoms. The number of sulfone groups is 1. The molecule has 0 bridgehead atoms. The summed E-state index contributed by atoms with van der Waals surface area (Å²) in [5.74, 6) is 0.854. The van der Waals surface area contributed by atoms with Gasteiger partial charge in [-0.3, -0.25) is 9.89 Å². The minimum absolute atomic E-state index is 0.0188. The zero-order valence-corrected chi connectivity index (χ0v) is 12.4. The summed E-state index contributed by atoms with van der Waals surface area (Å²) in [6.45, 7) is 0. The Hall–Kier alpha value is -2.02. The first-order valence-corrected chi connectivity index (χ1v) is 8.47. The molecular formula is C14H16N2O4S. The van der Waals surface area contributed by atoms with Crippen molar-refractivity contribution < 1.29 is 13.2 Å². The van der Waals surface area contributed by atoms with Gasteiger partial charge in [0.25, 0.3) is 5.56 Å². The van der Waals surface area contributed by atoms with E-state index in [0.29, 0.717) is 17.9 Å². The molecule has 0 amide bonds. The number of hydrogen-bond donors (Lipinski definition) is 1. The van der Waals surface area contributed by atoms with E-state index in [0.717, 1.165) is 5.56 Å². The van der Waals surface area contributed by atoms with Gasteiger partial charge < -0.3 is 4.74 Å². The Balaban J connectivity index is 1.96. The van der Waals surface area contributed by atoms with Gasteiger partial charge in [0.1, 0.15) is 5.75 Å². The normalized spacial score (nSPS) is 20.5. The highest BCUT2D eigenvalue weighted by atomic mass is 32.2. The molecule has 7 heteroatoms. The number of nitrogens with one attached hydrogen (secondary N) is 1. The van der Waals surface area contributed by atoms with Crippen LogP contribution in [-0.4, -0.2) is 36.8 Å². The Labute approximate surface area is 122 Å². The van der Waals surface area contributed by atoms with Gasteiger partial charge in [0, 0.05) is 11.6 Å². The number of H-pyrrole nitrogens is 1. The topological polar surface area (TPSA) is 81.2 Å². The molecule has 0 radical (unpaired) electrons. The molecule has 0 aliphatic carbocycles. The van der Waals surface area contributed by atoms with E-state index in [1.54, 1.807) is 7.11 Å². The van der Waals surface area contributed by atoms with Crippen LogP contribution < -0.4 is 10.3 Å². The van der Waals surface area contributed by atoms with Crippen LogP contribution in [-0.2, 0) is 9.84 Å². The Morgan fingerprint density at radius 2 is 2.14 bits per heavy atom. The first kappa shape index (κ1) is 13.9. The molecule has 0 saturated carbocycles. The quantitative estimate of drug-likeness (QED) is 0.924. The summed E-state index contributed by atoms with van der Waals surface area (Å²) in [5, 5.41) is 3.01. The third-order valence-electron chi connectivity index (χ3n) is 3.70. The molecule has 1 aromatic carbocycles. The SMILES string of the molecule is COc1cccc(-c2cc(=O)n([C@@H]3CCS(=O)(=O)C3)[nH]2)c1. The maximum atomic E-state index is 12.1. The summed E-state index contributed by atoms with van der Waals surface area (Å²) in [7, 11) is -1.45. The fourth-order valence-corrected chi connectivity index (χ4v) is 4.30. The van der Waals surface area contributed by atoms with Crippen LogP contribution in [0.2, 0.25) is 0 Å². The van der Waals surface area contributed by atoms with Crippen LogP contribution in [0.1, 0.15) is 12.5 Å². The third kappa shape index (κ3) is 2.73. The van der Waals surface area contributed by atoms with Crippen molar-refractivity contribution in [3.05, 3.63) is 40.7 Å². The standard InChI is InChI=1S/C14H16N2O4S/c1-20-12-4-2-3-10(7-12)13-8-14(17)16(15-13)11-5-6-21(18,19)9-11/h2-4,7-8,11,15H,5-6,9H2,1H3/t11-/m1/s1. The summed E-state index contributed by atoms with van der Waals surface area (Å²) in [5.41, 5.74) is 1.27. The highest BCUT2D eigenvalue weighted by molar-refractivity contribution is 7.91. The van der Waals surface area contributed by atoms with Gasteiger partial charge in [-0.25, -0.2) is 13.1 Å². The molecule has 112 valence electrons. The van der Waals surface area contributed by atoms with Crippen molar-refractivity contribution in [2.24, 2.45) is 0 Å². The molecule has 21 heavy (non-hydrogen) atoms. The lowest BCUT2D eigenvalue weighted by Gasteiger charge is -2.08. The molecule has 1 fully saturated rings. The van der Waals surface area contributed by atoms with E-state index in [2.05, 4.69) is 5.10 Å². The van der Waals surface area contributed by atoms with Crippen LogP contribution in [0.25, 0.3) is 11.3 Å². The first-order chi connectivity index (χ1) is 9.98. The lowest BCUT2D eigenvalue weighted by Crippen LogP contribution is -2.22. The number of aromatic nitrogens is 2. The van der Waals surface area contributed by atoms with Crippen molar-refractivity contribution in [1.82, 2.24) is 9.78 Å². The lowest BCUT2D eigenvalue weighted by atomic mass is 10.1.